The van der Waals surface area contributed by atoms with Gasteiger partial charge in [-0.15, -0.1) is 0 Å². The number of hydrogen-bond donors (Lipinski definition) is 1. The zero-order chi connectivity index (χ0) is 19.6. The van der Waals surface area contributed by atoms with Crippen molar-refractivity contribution in [1.82, 2.24) is 4.90 Å². The second-order valence-corrected chi connectivity index (χ2v) is 8.41. The standard InChI is InChI=1S/C22H21Cl2NO3/c1-27-18-8-13-15(9-19(18)28-2)20-14(7-17(23)22(26)21(20)24)12-6-11-4-3-5-25(11)10-16(12)13/h7-9,11,26H,3-6,10H2,1-2H3/t11-/m0/s1. The third-order valence-electron chi connectivity index (χ3n) is 6.30. The van der Waals surface area contributed by atoms with Gasteiger partial charge in [-0.2, -0.15) is 0 Å². The highest BCUT2D eigenvalue weighted by Crippen LogP contribution is 2.48. The molecule has 0 radical (unpaired) electrons. The van der Waals surface area contributed by atoms with Gasteiger partial charge in [0.25, 0.3) is 0 Å². The molecule has 0 bridgehead atoms. The van der Waals surface area contributed by atoms with Gasteiger partial charge in [-0.1, -0.05) is 23.2 Å². The average Bonchev–Trinajstić information content (AvgIpc) is 3.17. The number of rotatable bonds is 2. The maximum atomic E-state index is 10.4. The average molecular weight is 418 g/mol. The lowest BCUT2D eigenvalue weighted by Gasteiger charge is -2.33. The molecule has 1 saturated heterocycles. The minimum atomic E-state index is -0.0785. The van der Waals surface area contributed by atoms with Crippen LogP contribution in [0.3, 0.4) is 0 Å². The fraction of sp³-hybridized carbons (Fsp3) is 0.364. The van der Waals surface area contributed by atoms with Crippen LogP contribution in [-0.4, -0.2) is 36.8 Å². The van der Waals surface area contributed by atoms with E-state index >= 15 is 0 Å². The van der Waals surface area contributed by atoms with Crippen LogP contribution in [0.1, 0.15) is 24.0 Å². The van der Waals surface area contributed by atoms with Crippen molar-refractivity contribution in [3.05, 3.63) is 39.4 Å². The van der Waals surface area contributed by atoms with Gasteiger partial charge in [-0.05, 0) is 71.3 Å². The molecular formula is C22H21Cl2NO3. The van der Waals surface area contributed by atoms with Gasteiger partial charge < -0.3 is 14.6 Å². The van der Waals surface area contributed by atoms with Crippen LogP contribution < -0.4 is 9.47 Å². The van der Waals surface area contributed by atoms with E-state index < -0.39 is 0 Å². The van der Waals surface area contributed by atoms with E-state index in [2.05, 4.69) is 4.90 Å². The normalized spacial score (nSPS) is 19.1. The number of halogens is 2. The van der Waals surface area contributed by atoms with Gasteiger partial charge in [0, 0.05) is 18.0 Å². The van der Waals surface area contributed by atoms with Gasteiger partial charge in [0.15, 0.2) is 17.2 Å². The lowest BCUT2D eigenvalue weighted by Crippen LogP contribution is -2.35. The Bertz CT molecular complexity index is 1130. The van der Waals surface area contributed by atoms with Crippen LogP contribution in [0.5, 0.6) is 17.2 Å². The number of methoxy groups -OCH3 is 2. The molecule has 3 aromatic carbocycles. The van der Waals surface area contributed by atoms with Gasteiger partial charge in [0.1, 0.15) is 0 Å². The second kappa shape index (κ2) is 6.58. The maximum Gasteiger partial charge on any atom is 0.161 e. The molecule has 1 atom stereocenters. The molecule has 0 aromatic heterocycles. The predicted molar refractivity (Wildman–Crippen MR) is 113 cm³/mol. The fourth-order valence-electron chi connectivity index (χ4n) is 4.96. The van der Waals surface area contributed by atoms with Crippen molar-refractivity contribution < 1.29 is 14.6 Å². The van der Waals surface area contributed by atoms with Crippen molar-refractivity contribution in [3.63, 3.8) is 0 Å². The van der Waals surface area contributed by atoms with E-state index in [1.807, 2.05) is 18.2 Å². The van der Waals surface area contributed by atoms with Crippen LogP contribution in [0.2, 0.25) is 10.0 Å². The van der Waals surface area contributed by atoms with E-state index in [-0.39, 0.29) is 15.8 Å². The molecule has 3 aromatic rings. The fourth-order valence-corrected chi connectivity index (χ4v) is 5.51. The second-order valence-electron chi connectivity index (χ2n) is 7.62. The quantitative estimate of drug-likeness (QED) is 0.555. The van der Waals surface area contributed by atoms with E-state index in [1.54, 1.807) is 14.2 Å². The predicted octanol–water partition coefficient (Wildman–Crippen LogP) is 5.54. The first kappa shape index (κ1) is 18.2. The molecule has 0 amide bonds. The summed E-state index contributed by atoms with van der Waals surface area (Å²) in [6.07, 6.45) is 3.41. The molecule has 2 aliphatic heterocycles. The Kier molecular flexibility index (Phi) is 4.27. The lowest BCUT2D eigenvalue weighted by molar-refractivity contribution is 0.229. The highest BCUT2D eigenvalue weighted by atomic mass is 35.5. The molecule has 1 N–H and O–H groups in total. The summed E-state index contributed by atoms with van der Waals surface area (Å²) in [4.78, 5) is 2.56. The van der Waals surface area contributed by atoms with Crippen LogP contribution in [0.25, 0.3) is 21.5 Å². The van der Waals surface area contributed by atoms with Gasteiger partial charge in [-0.3, -0.25) is 4.90 Å². The first-order valence-corrected chi connectivity index (χ1v) is 10.2. The van der Waals surface area contributed by atoms with Crippen molar-refractivity contribution in [1.29, 1.82) is 0 Å². The monoisotopic (exact) mass is 417 g/mol. The number of ether oxygens (including phenoxy) is 2. The number of aromatic hydroxyl groups is 1. The first-order valence-electron chi connectivity index (χ1n) is 9.47. The first-order chi connectivity index (χ1) is 13.5. The van der Waals surface area contributed by atoms with Crippen molar-refractivity contribution in [3.8, 4) is 17.2 Å². The summed E-state index contributed by atoms with van der Waals surface area (Å²) >= 11 is 12.9. The Hall–Kier alpha value is -1.88. The van der Waals surface area contributed by atoms with E-state index in [4.69, 9.17) is 32.7 Å². The molecule has 6 heteroatoms. The summed E-state index contributed by atoms with van der Waals surface area (Å²) in [5.74, 6) is 1.25. The van der Waals surface area contributed by atoms with E-state index in [0.29, 0.717) is 17.5 Å². The van der Waals surface area contributed by atoms with Crippen LogP contribution in [0, 0.1) is 0 Å². The molecule has 5 rings (SSSR count). The highest BCUT2D eigenvalue weighted by Gasteiger charge is 2.33. The van der Waals surface area contributed by atoms with Crippen molar-refractivity contribution in [2.45, 2.75) is 31.8 Å². The summed E-state index contributed by atoms with van der Waals surface area (Å²) in [5, 5.41) is 14.9. The third kappa shape index (κ3) is 2.48. The summed E-state index contributed by atoms with van der Waals surface area (Å²) in [7, 11) is 3.27. The van der Waals surface area contributed by atoms with Gasteiger partial charge >= 0.3 is 0 Å². The van der Waals surface area contributed by atoms with Crippen molar-refractivity contribution >= 4 is 44.7 Å². The zero-order valence-electron chi connectivity index (χ0n) is 15.8. The van der Waals surface area contributed by atoms with E-state index in [1.165, 1.54) is 24.0 Å². The summed E-state index contributed by atoms with van der Waals surface area (Å²) in [6.45, 7) is 2.03. The molecule has 0 unspecified atom stereocenters. The minimum Gasteiger partial charge on any atom is -0.505 e. The Morgan fingerprint density at radius 3 is 2.43 bits per heavy atom. The lowest BCUT2D eigenvalue weighted by atomic mass is 9.85. The molecule has 0 aliphatic carbocycles. The number of hydrogen-bond acceptors (Lipinski definition) is 4. The molecule has 2 aliphatic rings. The molecule has 2 heterocycles. The SMILES string of the molecule is COc1cc2c3c(c4cc(Cl)c(O)c(Cl)c4c2cc1OC)C[C@@H]1CCCN1C3. The van der Waals surface area contributed by atoms with Crippen LogP contribution >= 0.6 is 23.2 Å². The molecular weight excluding hydrogens is 397 g/mol. The minimum absolute atomic E-state index is 0.0785. The van der Waals surface area contributed by atoms with Gasteiger partial charge in [-0.25, -0.2) is 0 Å². The zero-order valence-corrected chi connectivity index (χ0v) is 17.3. The van der Waals surface area contributed by atoms with Crippen molar-refractivity contribution in [2.24, 2.45) is 0 Å². The Balaban J connectivity index is 1.95. The molecule has 0 spiro atoms. The Morgan fingerprint density at radius 1 is 1.00 bits per heavy atom. The molecule has 1 fully saturated rings. The Morgan fingerprint density at radius 2 is 1.71 bits per heavy atom. The molecule has 4 nitrogen and oxygen atoms in total. The number of phenols is 1. The van der Waals surface area contributed by atoms with Gasteiger partial charge in [0.2, 0.25) is 0 Å². The summed E-state index contributed by atoms with van der Waals surface area (Å²) < 4.78 is 11.1. The van der Waals surface area contributed by atoms with E-state index in [0.717, 1.165) is 41.1 Å². The number of nitrogens with zero attached hydrogens (tertiary/aromatic N) is 1. The number of benzene rings is 3. The molecule has 0 saturated carbocycles. The van der Waals surface area contributed by atoms with Crippen LogP contribution in [0.4, 0.5) is 0 Å². The summed E-state index contributed by atoms with van der Waals surface area (Å²) in [6, 6.07) is 6.40. The smallest absolute Gasteiger partial charge is 0.161 e. The van der Waals surface area contributed by atoms with Crippen molar-refractivity contribution in [2.75, 3.05) is 20.8 Å². The summed E-state index contributed by atoms with van der Waals surface area (Å²) in [5.41, 5.74) is 2.57. The maximum absolute atomic E-state index is 10.4. The van der Waals surface area contributed by atoms with Gasteiger partial charge in [0.05, 0.1) is 24.3 Å². The topological polar surface area (TPSA) is 41.9 Å². The van der Waals surface area contributed by atoms with E-state index in [9.17, 15) is 5.11 Å². The van der Waals surface area contributed by atoms with Crippen LogP contribution in [-0.2, 0) is 13.0 Å². The Labute approximate surface area is 173 Å². The van der Waals surface area contributed by atoms with Crippen LogP contribution in [0.15, 0.2) is 18.2 Å². The molecule has 28 heavy (non-hydrogen) atoms. The third-order valence-corrected chi connectivity index (χ3v) is 6.96. The number of fused-ring (bicyclic) bond motifs is 7. The molecule has 146 valence electrons. The highest BCUT2D eigenvalue weighted by molar-refractivity contribution is 6.43. The number of phenolic OH excluding ortho intramolecular Hbond substituents is 1. The largest absolute Gasteiger partial charge is 0.505 e.